The lowest BCUT2D eigenvalue weighted by Gasteiger charge is -2.30. The summed E-state index contributed by atoms with van der Waals surface area (Å²) in [5, 5.41) is 11.6. The molecule has 5 heteroatoms. The van der Waals surface area contributed by atoms with Gasteiger partial charge in [-0.05, 0) is 19.3 Å². The van der Waals surface area contributed by atoms with Crippen LogP contribution >= 0.6 is 0 Å². The van der Waals surface area contributed by atoms with Crippen molar-refractivity contribution in [3.8, 4) is 12.3 Å². The third-order valence-electron chi connectivity index (χ3n) is 2.83. The Morgan fingerprint density at radius 3 is 2.94 bits per heavy atom. The fourth-order valence-corrected chi connectivity index (χ4v) is 1.86. The van der Waals surface area contributed by atoms with E-state index in [1.54, 1.807) is 4.90 Å². The van der Waals surface area contributed by atoms with Gasteiger partial charge in [-0.3, -0.25) is 4.79 Å². The number of aliphatic carboxylic acids is 1. The van der Waals surface area contributed by atoms with E-state index in [1.165, 1.54) is 0 Å². The second-order valence-corrected chi connectivity index (χ2v) is 4.16. The molecule has 0 unspecified atom stereocenters. The highest BCUT2D eigenvalue weighted by Gasteiger charge is 2.27. The molecule has 1 rings (SSSR count). The Balaban J connectivity index is 2.31. The van der Waals surface area contributed by atoms with E-state index in [1.807, 2.05) is 0 Å². The number of carbonyl (C=O) groups is 2. The number of carboxylic acids is 1. The predicted molar refractivity (Wildman–Crippen MR) is 63.4 cm³/mol. The maximum Gasteiger partial charge on any atom is 0.317 e. The molecule has 1 saturated heterocycles. The summed E-state index contributed by atoms with van der Waals surface area (Å²) < 4.78 is 0. The molecule has 0 saturated carbocycles. The molecule has 94 valence electrons. The first-order valence-electron chi connectivity index (χ1n) is 5.84. The summed E-state index contributed by atoms with van der Waals surface area (Å²) in [5.41, 5.74) is 0. The molecule has 1 aliphatic rings. The molecule has 0 bridgehead atoms. The zero-order valence-electron chi connectivity index (χ0n) is 9.82. The van der Waals surface area contributed by atoms with Gasteiger partial charge in [-0.1, -0.05) is 0 Å². The Morgan fingerprint density at radius 2 is 2.29 bits per heavy atom. The maximum absolute atomic E-state index is 11.7. The monoisotopic (exact) mass is 238 g/mol. The van der Waals surface area contributed by atoms with Crippen molar-refractivity contribution in [2.24, 2.45) is 5.92 Å². The van der Waals surface area contributed by atoms with Gasteiger partial charge in [-0.2, -0.15) is 0 Å². The summed E-state index contributed by atoms with van der Waals surface area (Å²) in [4.78, 5) is 24.1. The van der Waals surface area contributed by atoms with Crippen LogP contribution in [-0.2, 0) is 4.79 Å². The second kappa shape index (κ2) is 6.79. The van der Waals surface area contributed by atoms with E-state index in [2.05, 4.69) is 11.2 Å². The fraction of sp³-hybridized carbons (Fsp3) is 0.667. The summed E-state index contributed by atoms with van der Waals surface area (Å²) in [5.74, 6) is 1.25. The van der Waals surface area contributed by atoms with E-state index in [0.29, 0.717) is 32.5 Å². The van der Waals surface area contributed by atoms with Gasteiger partial charge in [0.25, 0.3) is 0 Å². The van der Waals surface area contributed by atoms with Gasteiger partial charge in [-0.25, -0.2) is 4.79 Å². The van der Waals surface area contributed by atoms with Gasteiger partial charge < -0.3 is 15.3 Å². The maximum atomic E-state index is 11.7. The van der Waals surface area contributed by atoms with E-state index in [-0.39, 0.29) is 6.03 Å². The van der Waals surface area contributed by atoms with Crippen molar-refractivity contribution >= 4 is 12.0 Å². The van der Waals surface area contributed by atoms with Crippen molar-refractivity contribution in [3.63, 3.8) is 0 Å². The van der Waals surface area contributed by atoms with Crippen molar-refractivity contribution in [3.05, 3.63) is 0 Å². The Labute approximate surface area is 101 Å². The number of unbranched alkanes of at least 4 members (excludes halogenated alkanes) is 1. The molecular weight excluding hydrogens is 220 g/mol. The van der Waals surface area contributed by atoms with E-state index >= 15 is 0 Å². The van der Waals surface area contributed by atoms with Crippen molar-refractivity contribution in [2.45, 2.75) is 25.7 Å². The van der Waals surface area contributed by atoms with Crippen LogP contribution in [0.1, 0.15) is 25.7 Å². The van der Waals surface area contributed by atoms with Gasteiger partial charge in [0, 0.05) is 26.1 Å². The van der Waals surface area contributed by atoms with Crippen LogP contribution in [0.2, 0.25) is 0 Å². The van der Waals surface area contributed by atoms with Crippen molar-refractivity contribution < 1.29 is 14.7 Å². The highest BCUT2D eigenvalue weighted by Crippen LogP contribution is 2.16. The largest absolute Gasteiger partial charge is 0.481 e. The molecule has 0 aromatic carbocycles. The van der Waals surface area contributed by atoms with Crippen LogP contribution in [0.4, 0.5) is 4.79 Å². The molecule has 5 nitrogen and oxygen atoms in total. The molecule has 1 aliphatic heterocycles. The lowest BCUT2D eigenvalue weighted by atomic mass is 9.99. The van der Waals surface area contributed by atoms with Gasteiger partial charge in [0.15, 0.2) is 0 Å². The standard InChI is InChI=1S/C12H18N2O3/c1-2-3-4-7-13-12(17)14-8-5-6-10(9-14)11(15)16/h1,10H,3-9H2,(H,13,17)(H,15,16)/t10-/m0/s1. The minimum absolute atomic E-state index is 0.187. The van der Waals surface area contributed by atoms with Crippen LogP contribution in [0.5, 0.6) is 0 Å². The van der Waals surface area contributed by atoms with E-state index in [4.69, 9.17) is 11.5 Å². The SMILES string of the molecule is C#CCCCNC(=O)N1CCC[C@H](C(=O)O)C1. The van der Waals surface area contributed by atoms with Crippen LogP contribution < -0.4 is 5.32 Å². The molecule has 2 amide bonds. The molecule has 1 fully saturated rings. The predicted octanol–water partition coefficient (Wildman–Crippen LogP) is 0.906. The third kappa shape index (κ3) is 4.35. The van der Waals surface area contributed by atoms with Crippen LogP contribution in [0.25, 0.3) is 0 Å². The molecular formula is C12H18N2O3. The first-order valence-corrected chi connectivity index (χ1v) is 5.84. The lowest BCUT2D eigenvalue weighted by molar-refractivity contribution is -0.143. The number of likely N-dealkylation sites (tertiary alicyclic amines) is 1. The normalized spacial score (nSPS) is 19.5. The minimum Gasteiger partial charge on any atom is -0.481 e. The van der Waals surface area contributed by atoms with Crippen LogP contribution in [0, 0.1) is 18.3 Å². The summed E-state index contributed by atoms with van der Waals surface area (Å²) in [7, 11) is 0. The highest BCUT2D eigenvalue weighted by atomic mass is 16.4. The zero-order valence-corrected chi connectivity index (χ0v) is 9.82. The Morgan fingerprint density at radius 1 is 1.53 bits per heavy atom. The fourth-order valence-electron chi connectivity index (χ4n) is 1.86. The van der Waals surface area contributed by atoms with Crippen molar-refractivity contribution in [1.82, 2.24) is 10.2 Å². The Kier molecular flexibility index (Phi) is 5.34. The number of hydrogen-bond donors (Lipinski definition) is 2. The molecule has 0 radical (unpaired) electrons. The molecule has 0 aliphatic carbocycles. The number of rotatable bonds is 4. The zero-order chi connectivity index (χ0) is 12.7. The van der Waals surface area contributed by atoms with E-state index in [0.717, 1.165) is 12.8 Å². The number of nitrogens with zero attached hydrogens (tertiary/aromatic N) is 1. The summed E-state index contributed by atoms with van der Waals surface area (Å²) in [6, 6.07) is -0.187. The van der Waals surface area contributed by atoms with E-state index < -0.39 is 11.9 Å². The van der Waals surface area contributed by atoms with Gasteiger partial charge >= 0.3 is 12.0 Å². The second-order valence-electron chi connectivity index (χ2n) is 4.16. The summed E-state index contributed by atoms with van der Waals surface area (Å²) >= 11 is 0. The van der Waals surface area contributed by atoms with Crippen LogP contribution in [-0.4, -0.2) is 41.6 Å². The quantitative estimate of drug-likeness (QED) is 0.565. The topological polar surface area (TPSA) is 69.6 Å². The van der Waals surface area contributed by atoms with Gasteiger partial charge in [0.1, 0.15) is 0 Å². The molecule has 0 aromatic rings. The van der Waals surface area contributed by atoms with E-state index in [9.17, 15) is 9.59 Å². The van der Waals surface area contributed by atoms with Crippen molar-refractivity contribution in [2.75, 3.05) is 19.6 Å². The van der Waals surface area contributed by atoms with Gasteiger partial charge in [0.2, 0.25) is 0 Å². The van der Waals surface area contributed by atoms with Crippen LogP contribution in [0.3, 0.4) is 0 Å². The number of carbonyl (C=O) groups excluding carboxylic acids is 1. The number of terminal acetylenes is 1. The Bertz CT molecular complexity index is 322. The number of nitrogens with one attached hydrogen (secondary N) is 1. The molecule has 0 aromatic heterocycles. The number of piperidine rings is 1. The first kappa shape index (κ1) is 13.4. The Hall–Kier alpha value is -1.70. The van der Waals surface area contributed by atoms with Crippen molar-refractivity contribution in [1.29, 1.82) is 0 Å². The smallest absolute Gasteiger partial charge is 0.317 e. The van der Waals surface area contributed by atoms with Gasteiger partial charge in [-0.15, -0.1) is 12.3 Å². The first-order chi connectivity index (χ1) is 8.15. The van der Waals surface area contributed by atoms with Gasteiger partial charge in [0.05, 0.1) is 5.92 Å². The number of carboxylic acid groups (broad SMARTS) is 1. The highest BCUT2D eigenvalue weighted by molar-refractivity contribution is 5.76. The molecule has 2 N–H and O–H groups in total. The summed E-state index contributed by atoms with van der Waals surface area (Å²) in [6.45, 7) is 1.47. The molecule has 1 heterocycles. The summed E-state index contributed by atoms with van der Waals surface area (Å²) in [6.07, 6.45) is 7.88. The number of amides is 2. The molecule has 17 heavy (non-hydrogen) atoms. The minimum atomic E-state index is -0.824. The average Bonchev–Trinajstić information content (AvgIpc) is 2.34. The number of hydrogen-bond acceptors (Lipinski definition) is 2. The third-order valence-corrected chi connectivity index (χ3v) is 2.83. The number of urea groups is 1. The molecule has 0 spiro atoms. The lowest BCUT2D eigenvalue weighted by Crippen LogP contribution is -2.47. The average molecular weight is 238 g/mol. The molecule has 1 atom stereocenters. The van der Waals surface area contributed by atoms with Crippen LogP contribution in [0.15, 0.2) is 0 Å².